The van der Waals surface area contributed by atoms with Crippen LogP contribution in [0.4, 0.5) is 11.4 Å². The van der Waals surface area contributed by atoms with Crippen molar-refractivity contribution in [3.05, 3.63) is 88.9 Å². The number of carbonyl (C=O) groups is 2. The molecule has 0 aliphatic rings. The minimum Gasteiger partial charge on any atom is -0.484 e. The van der Waals surface area contributed by atoms with Gasteiger partial charge in [0, 0.05) is 29.0 Å². The van der Waals surface area contributed by atoms with Gasteiger partial charge in [0.2, 0.25) is 0 Å². The van der Waals surface area contributed by atoms with E-state index in [-0.39, 0.29) is 18.4 Å². The lowest BCUT2D eigenvalue weighted by atomic mass is 10.2. The maximum atomic E-state index is 12.5. The lowest BCUT2D eigenvalue weighted by Crippen LogP contribution is -2.26. The zero-order valence-corrected chi connectivity index (χ0v) is 16.9. The molecule has 3 aromatic carbocycles. The molecule has 0 radical (unpaired) electrons. The van der Waals surface area contributed by atoms with Crippen molar-refractivity contribution in [1.82, 2.24) is 0 Å². The SMILES string of the molecule is Cc1ccc(NC(=O)COc2ccc(N(C)C(=O)c3ccccc3)cc2)cc1Cl. The Hall–Kier alpha value is -3.31. The van der Waals surface area contributed by atoms with Crippen LogP contribution < -0.4 is 15.0 Å². The molecule has 29 heavy (non-hydrogen) atoms. The molecule has 0 bridgehead atoms. The summed E-state index contributed by atoms with van der Waals surface area (Å²) in [6.07, 6.45) is 0. The van der Waals surface area contributed by atoms with Gasteiger partial charge in [-0.15, -0.1) is 0 Å². The van der Waals surface area contributed by atoms with Crippen molar-refractivity contribution in [2.45, 2.75) is 6.92 Å². The van der Waals surface area contributed by atoms with E-state index in [9.17, 15) is 9.59 Å². The van der Waals surface area contributed by atoms with Gasteiger partial charge in [-0.1, -0.05) is 35.9 Å². The molecule has 3 aromatic rings. The number of carbonyl (C=O) groups excluding carboxylic acids is 2. The molecule has 3 rings (SSSR count). The largest absolute Gasteiger partial charge is 0.484 e. The van der Waals surface area contributed by atoms with Crippen LogP contribution in [0.5, 0.6) is 5.75 Å². The van der Waals surface area contributed by atoms with Crippen molar-refractivity contribution in [3.8, 4) is 5.75 Å². The monoisotopic (exact) mass is 408 g/mol. The fourth-order valence-corrected chi connectivity index (χ4v) is 2.85. The van der Waals surface area contributed by atoms with Gasteiger partial charge >= 0.3 is 0 Å². The Morgan fingerprint density at radius 3 is 2.34 bits per heavy atom. The second-order valence-electron chi connectivity index (χ2n) is 6.52. The fourth-order valence-electron chi connectivity index (χ4n) is 2.67. The Bertz CT molecular complexity index is 1000. The Balaban J connectivity index is 1.55. The standard InChI is InChI=1S/C23H21ClN2O3/c1-16-8-9-18(14-21(16)24)25-22(27)15-29-20-12-10-19(11-13-20)26(2)23(28)17-6-4-3-5-7-17/h3-14H,15H2,1-2H3,(H,25,27). The number of nitrogens with zero attached hydrogens (tertiary/aromatic N) is 1. The summed E-state index contributed by atoms with van der Waals surface area (Å²) in [5, 5.41) is 3.33. The first-order chi connectivity index (χ1) is 13.9. The Morgan fingerprint density at radius 2 is 1.69 bits per heavy atom. The van der Waals surface area contributed by atoms with Gasteiger partial charge in [0.05, 0.1) is 0 Å². The van der Waals surface area contributed by atoms with E-state index in [1.807, 2.05) is 31.2 Å². The third-order valence-electron chi connectivity index (χ3n) is 4.37. The molecule has 0 atom stereocenters. The Morgan fingerprint density at radius 1 is 1.00 bits per heavy atom. The Kier molecular flexibility index (Phi) is 6.52. The van der Waals surface area contributed by atoms with Crippen LogP contribution >= 0.6 is 11.6 Å². The molecule has 148 valence electrons. The molecule has 0 spiro atoms. The topological polar surface area (TPSA) is 58.6 Å². The third-order valence-corrected chi connectivity index (χ3v) is 4.78. The summed E-state index contributed by atoms with van der Waals surface area (Å²) >= 11 is 6.06. The van der Waals surface area contributed by atoms with Crippen molar-refractivity contribution < 1.29 is 14.3 Å². The van der Waals surface area contributed by atoms with Crippen LogP contribution in [0.3, 0.4) is 0 Å². The van der Waals surface area contributed by atoms with Gasteiger partial charge in [0.25, 0.3) is 11.8 Å². The smallest absolute Gasteiger partial charge is 0.262 e. The zero-order chi connectivity index (χ0) is 20.8. The molecule has 0 heterocycles. The van der Waals surface area contributed by atoms with E-state index in [0.29, 0.717) is 22.0 Å². The number of anilines is 2. The molecule has 6 heteroatoms. The molecule has 0 fully saturated rings. The van der Waals surface area contributed by atoms with Crippen molar-refractivity contribution in [2.75, 3.05) is 23.9 Å². The molecule has 2 amide bonds. The van der Waals surface area contributed by atoms with Crippen molar-refractivity contribution in [3.63, 3.8) is 0 Å². The normalized spacial score (nSPS) is 10.3. The third kappa shape index (κ3) is 5.36. The van der Waals surface area contributed by atoms with Gasteiger partial charge in [0.15, 0.2) is 6.61 Å². The average molecular weight is 409 g/mol. The number of amides is 2. The number of aryl methyl sites for hydroxylation is 1. The summed E-state index contributed by atoms with van der Waals surface area (Å²) in [7, 11) is 1.71. The van der Waals surface area contributed by atoms with Crippen LogP contribution in [0.15, 0.2) is 72.8 Å². The van der Waals surface area contributed by atoms with Gasteiger partial charge in [-0.25, -0.2) is 0 Å². The van der Waals surface area contributed by atoms with Crippen LogP contribution in [-0.2, 0) is 4.79 Å². The zero-order valence-electron chi connectivity index (χ0n) is 16.2. The van der Waals surface area contributed by atoms with Gasteiger partial charge in [-0.3, -0.25) is 9.59 Å². The van der Waals surface area contributed by atoms with E-state index in [1.165, 1.54) is 0 Å². The molecule has 0 saturated heterocycles. The highest BCUT2D eigenvalue weighted by Gasteiger charge is 2.13. The molecule has 5 nitrogen and oxygen atoms in total. The van der Waals surface area contributed by atoms with Crippen molar-refractivity contribution in [1.29, 1.82) is 0 Å². The van der Waals surface area contributed by atoms with Crippen LogP contribution in [0.25, 0.3) is 0 Å². The summed E-state index contributed by atoms with van der Waals surface area (Å²) in [5.74, 6) is 0.146. The molecule has 0 aromatic heterocycles. The molecular weight excluding hydrogens is 388 g/mol. The fraction of sp³-hybridized carbons (Fsp3) is 0.130. The van der Waals surface area contributed by atoms with Gasteiger partial charge in [-0.2, -0.15) is 0 Å². The van der Waals surface area contributed by atoms with E-state index in [1.54, 1.807) is 60.5 Å². The molecular formula is C23H21ClN2O3. The second kappa shape index (κ2) is 9.26. The second-order valence-corrected chi connectivity index (χ2v) is 6.93. The maximum absolute atomic E-state index is 12.5. The summed E-state index contributed by atoms with van der Waals surface area (Å²) in [4.78, 5) is 26.1. The molecule has 0 unspecified atom stereocenters. The molecule has 1 N–H and O–H groups in total. The number of ether oxygens (including phenoxy) is 1. The van der Waals surface area contributed by atoms with E-state index in [2.05, 4.69) is 5.32 Å². The molecule has 0 aliphatic heterocycles. The lowest BCUT2D eigenvalue weighted by Gasteiger charge is -2.18. The van der Waals surface area contributed by atoms with Crippen LogP contribution in [0.1, 0.15) is 15.9 Å². The maximum Gasteiger partial charge on any atom is 0.262 e. The quantitative estimate of drug-likeness (QED) is 0.628. The number of hydrogen-bond donors (Lipinski definition) is 1. The number of hydrogen-bond acceptors (Lipinski definition) is 3. The average Bonchev–Trinajstić information content (AvgIpc) is 2.75. The van der Waals surface area contributed by atoms with Gasteiger partial charge in [0.1, 0.15) is 5.75 Å². The van der Waals surface area contributed by atoms with E-state index < -0.39 is 0 Å². The number of nitrogens with one attached hydrogen (secondary N) is 1. The van der Waals surface area contributed by atoms with Crippen molar-refractivity contribution in [2.24, 2.45) is 0 Å². The van der Waals surface area contributed by atoms with Gasteiger partial charge < -0.3 is 15.0 Å². The predicted molar refractivity (Wildman–Crippen MR) is 116 cm³/mol. The first-order valence-corrected chi connectivity index (χ1v) is 9.44. The van der Waals surface area contributed by atoms with Crippen molar-refractivity contribution >= 4 is 34.8 Å². The van der Waals surface area contributed by atoms with Crippen LogP contribution in [-0.4, -0.2) is 25.5 Å². The summed E-state index contributed by atoms with van der Waals surface area (Å²) in [6.45, 7) is 1.76. The summed E-state index contributed by atoms with van der Waals surface area (Å²) in [6, 6.07) is 21.4. The van der Waals surface area contributed by atoms with Crippen LogP contribution in [0.2, 0.25) is 5.02 Å². The summed E-state index contributed by atoms with van der Waals surface area (Å²) in [5.41, 5.74) is 2.90. The minimum absolute atomic E-state index is 0.101. The number of benzene rings is 3. The lowest BCUT2D eigenvalue weighted by molar-refractivity contribution is -0.118. The van der Waals surface area contributed by atoms with E-state index >= 15 is 0 Å². The number of rotatable bonds is 6. The van der Waals surface area contributed by atoms with E-state index in [4.69, 9.17) is 16.3 Å². The first-order valence-electron chi connectivity index (χ1n) is 9.06. The number of halogens is 1. The van der Waals surface area contributed by atoms with E-state index in [0.717, 1.165) is 11.3 Å². The van der Waals surface area contributed by atoms with Gasteiger partial charge in [-0.05, 0) is 61.0 Å². The minimum atomic E-state index is -0.287. The van der Waals surface area contributed by atoms with Crippen LogP contribution in [0, 0.1) is 6.92 Å². The highest BCUT2D eigenvalue weighted by molar-refractivity contribution is 6.31. The predicted octanol–water partition coefficient (Wildman–Crippen LogP) is 4.94. The first kappa shape index (κ1) is 20.4. The Labute approximate surface area is 174 Å². The molecule has 0 saturated carbocycles. The highest BCUT2D eigenvalue weighted by Crippen LogP contribution is 2.21. The molecule has 0 aliphatic carbocycles. The highest BCUT2D eigenvalue weighted by atomic mass is 35.5. The summed E-state index contributed by atoms with van der Waals surface area (Å²) < 4.78 is 5.53.